The Bertz CT molecular complexity index is 568. The van der Waals surface area contributed by atoms with Gasteiger partial charge in [-0.1, -0.05) is 6.07 Å². The predicted molar refractivity (Wildman–Crippen MR) is 100 cm³/mol. The number of hydrogen-bond donors (Lipinski definition) is 2. The first-order valence-corrected chi connectivity index (χ1v) is 8.66. The quantitative estimate of drug-likeness (QED) is 0.769. The fourth-order valence-corrected chi connectivity index (χ4v) is 2.98. The maximum atomic E-state index is 12.9. The number of likely N-dealkylation sites (tertiary alicyclic amines) is 1. The van der Waals surface area contributed by atoms with Crippen LogP contribution in [-0.2, 0) is 4.79 Å². The second-order valence-electron chi connectivity index (χ2n) is 5.95. The second kappa shape index (κ2) is 10.9. The van der Waals surface area contributed by atoms with Gasteiger partial charge in [-0.15, -0.1) is 12.4 Å². The maximum Gasteiger partial charge on any atom is 0.254 e. The van der Waals surface area contributed by atoms with E-state index in [4.69, 9.17) is 10.5 Å². The van der Waals surface area contributed by atoms with E-state index >= 15 is 0 Å². The molecule has 7 heteroatoms. The van der Waals surface area contributed by atoms with Crippen LogP contribution in [0.25, 0.3) is 0 Å². The van der Waals surface area contributed by atoms with Crippen molar-refractivity contribution in [3.8, 4) is 5.75 Å². The number of nitrogens with two attached hydrogens (primary N) is 1. The van der Waals surface area contributed by atoms with Crippen molar-refractivity contribution in [3.05, 3.63) is 29.8 Å². The zero-order valence-electron chi connectivity index (χ0n) is 14.7. The summed E-state index contributed by atoms with van der Waals surface area (Å²) in [5.41, 5.74) is 6.02. The molecule has 1 aromatic carbocycles. The average Bonchev–Trinajstić information content (AvgIpc) is 2.60. The molecule has 0 saturated carbocycles. The van der Waals surface area contributed by atoms with E-state index in [2.05, 4.69) is 5.32 Å². The summed E-state index contributed by atoms with van der Waals surface area (Å²) in [5, 5.41) is 2.88. The Morgan fingerprint density at radius 1 is 1.36 bits per heavy atom. The lowest BCUT2D eigenvalue weighted by Crippen LogP contribution is -2.49. The van der Waals surface area contributed by atoms with Gasteiger partial charge in [-0.05, 0) is 44.4 Å². The molecule has 1 aliphatic rings. The van der Waals surface area contributed by atoms with E-state index in [1.807, 2.05) is 30.0 Å². The highest BCUT2D eigenvalue weighted by Gasteiger charge is 2.27. The van der Waals surface area contributed by atoms with Crippen molar-refractivity contribution < 1.29 is 14.3 Å². The molecule has 0 bridgehead atoms. The normalized spacial score (nSPS) is 16.7. The summed E-state index contributed by atoms with van der Waals surface area (Å²) in [4.78, 5) is 26.4. The van der Waals surface area contributed by atoms with E-state index < -0.39 is 0 Å². The Balaban J connectivity index is 0.00000312. The van der Waals surface area contributed by atoms with Gasteiger partial charge in [-0.3, -0.25) is 9.59 Å². The van der Waals surface area contributed by atoms with Crippen LogP contribution in [0.5, 0.6) is 5.75 Å². The van der Waals surface area contributed by atoms with Gasteiger partial charge in [0, 0.05) is 37.7 Å². The Kier molecular flexibility index (Phi) is 9.31. The number of ether oxygens (including phenoxy) is 1. The van der Waals surface area contributed by atoms with Crippen LogP contribution in [0, 0.1) is 0 Å². The molecule has 1 fully saturated rings. The third-order valence-electron chi connectivity index (χ3n) is 4.19. The molecular formula is C18H28ClN3O3. The molecule has 2 amide bonds. The third-order valence-corrected chi connectivity index (χ3v) is 4.19. The van der Waals surface area contributed by atoms with Gasteiger partial charge in [0.15, 0.2) is 0 Å². The van der Waals surface area contributed by atoms with Crippen molar-refractivity contribution in [2.45, 2.75) is 38.6 Å². The molecule has 1 unspecified atom stereocenters. The molecule has 3 N–H and O–H groups in total. The second-order valence-corrected chi connectivity index (χ2v) is 5.95. The molecule has 0 spiro atoms. The minimum Gasteiger partial charge on any atom is -0.494 e. The SMILES string of the molecule is CCOc1cccc(C(=O)N2CCCCC2CNC(=O)CCN)c1.Cl. The number of piperidine rings is 1. The summed E-state index contributed by atoms with van der Waals surface area (Å²) >= 11 is 0. The number of nitrogens with one attached hydrogen (secondary N) is 1. The van der Waals surface area contributed by atoms with Gasteiger partial charge in [-0.25, -0.2) is 0 Å². The van der Waals surface area contributed by atoms with Crippen molar-refractivity contribution in [3.63, 3.8) is 0 Å². The van der Waals surface area contributed by atoms with Crippen LogP contribution in [-0.4, -0.2) is 49.0 Å². The van der Waals surface area contributed by atoms with E-state index in [1.165, 1.54) is 0 Å². The predicted octanol–water partition coefficient (Wildman–Crippen LogP) is 1.97. The first-order chi connectivity index (χ1) is 11.7. The van der Waals surface area contributed by atoms with E-state index in [-0.39, 0.29) is 30.3 Å². The molecule has 6 nitrogen and oxygen atoms in total. The molecule has 140 valence electrons. The lowest BCUT2D eigenvalue weighted by molar-refractivity contribution is -0.121. The number of halogens is 1. The Hall–Kier alpha value is -1.79. The van der Waals surface area contributed by atoms with Crippen molar-refractivity contribution in [1.82, 2.24) is 10.2 Å². The molecule has 2 rings (SSSR count). The fourth-order valence-electron chi connectivity index (χ4n) is 2.98. The van der Waals surface area contributed by atoms with Crippen molar-refractivity contribution in [1.29, 1.82) is 0 Å². The lowest BCUT2D eigenvalue weighted by atomic mass is 10.0. The standard InChI is InChI=1S/C18H27N3O3.ClH/c1-2-24-16-8-5-6-14(12-16)18(23)21-11-4-3-7-15(21)13-20-17(22)9-10-19;/h5-6,8,12,15H,2-4,7,9-11,13,19H2,1H3,(H,20,22);1H. The molecule has 25 heavy (non-hydrogen) atoms. The Labute approximate surface area is 155 Å². The molecule has 1 atom stereocenters. The summed E-state index contributed by atoms with van der Waals surface area (Å²) in [6, 6.07) is 7.30. The lowest BCUT2D eigenvalue weighted by Gasteiger charge is -2.36. The smallest absolute Gasteiger partial charge is 0.254 e. The number of hydrogen-bond acceptors (Lipinski definition) is 4. The van der Waals surface area contributed by atoms with Crippen LogP contribution >= 0.6 is 12.4 Å². The van der Waals surface area contributed by atoms with Crippen LogP contribution < -0.4 is 15.8 Å². The molecule has 1 saturated heterocycles. The van der Waals surface area contributed by atoms with Crippen molar-refractivity contribution in [2.24, 2.45) is 5.73 Å². The summed E-state index contributed by atoms with van der Waals surface area (Å²) < 4.78 is 5.48. The number of amides is 2. The van der Waals surface area contributed by atoms with Crippen LogP contribution in [0.4, 0.5) is 0 Å². The largest absolute Gasteiger partial charge is 0.494 e. The highest BCUT2D eigenvalue weighted by atomic mass is 35.5. The maximum absolute atomic E-state index is 12.9. The highest BCUT2D eigenvalue weighted by molar-refractivity contribution is 5.95. The monoisotopic (exact) mass is 369 g/mol. The van der Waals surface area contributed by atoms with Gasteiger partial charge in [0.2, 0.25) is 5.91 Å². The molecule has 1 heterocycles. The fraction of sp³-hybridized carbons (Fsp3) is 0.556. The van der Waals surface area contributed by atoms with Gasteiger partial charge in [0.05, 0.1) is 6.61 Å². The van der Waals surface area contributed by atoms with Crippen LogP contribution in [0.1, 0.15) is 43.0 Å². The third kappa shape index (κ3) is 6.21. The van der Waals surface area contributed by atoms with Crippen LogP contribution in [0.15, 0.2) is 24.3 Å². The van der Waals surface area contributed by atoms with Crippen LogP contribution in [0.3, 0.4) is 0 Å². The van der Waals surface area contributed by atoms with Gasteiger partial charge in [-0.2, -0.15) is 0 Å². The molecule has 1 aromatic rings. The van der Waals surface area contributed by atoms with Crippen molar-refractivity contribution in [2.75, 3.05) is 26.2 Å². The zero-order chi connectivity index (χ0) is 17.4. The number of nitrogens with zero attached hydrogens (tertiary/aromatic N) is 1. The first-order valence-electron chi connectivity index (χ1n) is 8.66. The van der Waals surface area contributed by atoms with Gasteiger partial charge >= 0.3 is 0 Å². The molecule has 1 aliphatic heterocycles. The number of rotatable bonds is 7. The van der Waals surface area contributed by atoms with Gasteiger partial charge < -0.3 is 20.7 Å². The number of carbonyl (C=O) groups is 2. The Morgan fingerprint density at radius 2 is 2.16 bits per heavy atom. The summed E-state index contributed by atoms with van der Waals surface area (Å²) in [7, 11) is 0. The van der Waals surface area contributed by atoms with Gasteiger partial charge in [0.1, 0.15) is 5.75 Å². The molecule has 0 aliphatic carbocycles. The average molecular weight is 370 g/mol. The molecule has 0 radical (unpaired) electrons. The highest BCUT2D eigenvalue weighted by Crippen LogP contribution is 2.21. The number of carbonyl (C=O) groups excluding carboxylic acids is 2. The summed E-state index contributed by atoms with van der Waals surface area (Å²) in [6.07, 6.45) is 3.28. The topological polar surface area (TPSA) is 84.7 Å². The van der Waals surface area contributed by atoms with E-state index in [1.54, 1.807) is 6.07 Å². The van der Waals surface area contributed by atoms with Gasteiger partial charge in [0.25, 0.3) is 5.91 Å². The summed E-state index contributed by atoms with van der Waals surface area (Å²) in [5.74, 6) is 0.635. The van der Waals surface area contributed by atoms with E-state index in [0.717, 1.165) is 25.8 Å². The van der Waals surface area contributed by atoms with Crippen molar-refractivity contribution >= 4 is 24.2 Å². The molecule has 0 aromatic heterocycles. The minimum absolute atomic E-state index is 0. The number of benzene rings is 1. The van der Waals surface area contributed by atoms with Crippen LogP contribution in [0.2, 0.25) is 0 Å². The zero-order valence-corrected chi connectivity index (χ0v) is 15.5. The first kappa shape index (κ1) is 21.3. The minimum atomic E-state index is -0.0613. The summed E-state index contributed by atoms with van der Waals surface area (Å²) in [6.45, 7) is 4.02. The van der Waals surface area contributed by atoms with E-state index in [0.29, 0.717) is 37.4 Å². The molecular weight excluding hydrogens is 342 g/mol. The Morgan fingerprint density at radius 3 is 2.88 bits per heavy atom. The van der Waals surface area contributed by atoms with E-state index in [9.17, 15) is 9.59 Å².